The molecule has 0 saturated carbocycles. The maximum atomic E-state index is 13.3. The average molecular weight is 428 g/mol. The second-order valence-electron chi connectivity index (χ2n) is 7.03. The van der Waals surface area contributed by atoms with E-state index in [4.69, 9.17) is 0 Å². The molecule has 0 aliphatic carbocycles. The molecule has 27 heavy (non-hydrogen) atoms. The molecule has 2 saturated heterocycles. The number of alkyl halides is 3. The Kier molecular flexibility index (Phi) is 8.86. The Hall–Kier alpha value is -1.02. The molecule has 1 amide bonds. The molecule has 154 valence electrons. The van der Waals surface area contributed by atoms with Crippen molar-refractivity contribution < 1.29 is 18.0 Å². The number of benzene rings is 1. The number of amides is 1. The molecule has 2 bridgehead atoms. The van der Waals surface area contributed by atoms with Gasteiger partial charge in [0.1, 0.15) is 6.04 Å². The van der Waals surface area contributed by atoms with Crippen LogP contribution < -0.4 is 10.6 Å². The van der Waals surface area contributed by atoms with E-state index in [0.29, 0.717) is 12.1 Å². The molecule has 2 heterocycles. The van der Waals surface area contributed by atoms with Gasteiger partial charge in [-0.3, -0.25) is 10.1 Å². The van der Waals surface area contributed by atoms with Crippen LogP contribution in [0.15, 0.2) is 30.3 Å². The van der Waals surface area contributed by atoms with Crippen molar-refractivity contribution in [1.82, 2.24) is 15.5 Å². The Bertz CT molecular complexity index is 591. The minimum Gasteiger partial charge on any atom is -0.342 e. The van der Waals surface area contributed by atoms with Crippen molar-refractivity contribution in [3.8, 4) is 0 Å². The largest absolute Gasteiger partial charge is 0.407 e. The Morgan fingerprint density at radius 1 is 1.19 bits per heavy atom. The van der Waals surface area contributed by atoms with E-state index in [0.717, 1.165) is 25.7 Å². The third-order valence-electron chi connectivity index (χ3n) is 5.31. The highest BCUT2D eigenvalue weighted by Gasteiger charge is 2.41. The van der Waals surface area contributed by atoms with Crippen LogP contribution >= 0.6 is 24.8 Å². The van der Waals surface area contributed by atoms with Crippen molar-refractivity contribution in [3.05, 3.63) is 35.9 Å². The smallest absolute Gasteiger partial charge is 0.342 e. The van der Waals surface area contributed by atoms with Crippen molar-refractivity contribution in [2.45, 2.75) is 56.0 Å². The fraction of sp³-hybridized carbons (Fsp3) is 0.611. The van der Waals surface area contributed by atoms with E-state index in [1.807, 2.05) is 0 Å². The number of nitrogens with zero attached hydrogens (tertiary/aromatic N) is 1. The molecular weight excluding hydrogens is 402 g/mol. The molecule has 3 atom stereocenters. The lowest BCUT2D eigenvalue weighted by Crippen LogP contribution is -2.51. The van der Waals surface area contributed by atoms with Crippen LogP contribution in [0.5, 0.6) is 0 Å². The zero-order valence-corrected chi connectivity index (χ0v) is 16.7. The quantitative estimate of drug-likeness (QED) is 0.755. The lowest BCUT2D eigenvalue weighted by molar-refractivity contribution is -0.159. The monoisotopic (exact) mass is 427 g/mol. The minimum atomic E-state index is -4.45. The van der Waals surface area contributed by atoms with E-state index in [-0.39, 0.29) is 48.9 Å². The summed E-state index contributed by atoms with van der Waals surface area (Å²) in [5.74, 6) is -0.295. The van der Waals surface area contributed by atoms with Crippen molar-refractivity contribution in [1.29, 1.82) is 0 Å². The molecule has 9 heteroatoms. The van der Waals surface area contributed by atoms with E-state index in [1.54, 1.807) is 30.1 Å². The summed E-state index contributed by atoms with van der Waals surface area (Å²) in [6.45, 7) is -0.325. The van der Waals surface area contributed by atoms with Gasteiger partial charge in [0, 0.05) is 25.2 Å². The fourth-order valence-corrected chi connectivity index (χ4v) is 3.93. The van der Waals surface area contributed by atoms with Crippen LogP contribution in [-0.2, 0) is 4.79 Å². The van der Waals surface area contributed by atoms with Crippen LogP contribution in [0, 0.1) is 0 Å². The van der Waals surface area contributed by atoms with Gasteiger partial charge in [-0.25, -0.2) is 0 Å². The standard InChI is InChI=1S/C18H24F3N3O.2ClH/c1-24(15-9-13-7-8-14(10-15)23-13)16(25)11-22-17(18(19,20)21)12-5-3-2-4-6-12;;/h2-6,13-15,17,22-23H,7-11H2,1H3;2*1H. The molecule has 3 unspecified atom stereocenters. The number of hydrogen-bond donors (Lipinski definition) is 2. The second-order valence-corrected chi connectivity index (χ2v) is 7.03. The third kappa shape index (κ3) is 5.98. The summed E-state index contributed by atoms with van der Waals surface area (Å²) in [7, 11) is 1.70. The zero-order chi connectivity index (χ0) is 18.0. The predicted octanol–water partition coefficient (Wildman–Crippen LogP) is 3.46. The summed E-state index contributed by atoms with van der Waals surface area (Å²) in [6, 6.07) is 6.76. The summed E-state index contributed by atoms with van der Waals surface area (Å²) in [5.41, 5.74) is 0.116. The SMILES string of the molecule is CN(C(=O)CNC(c1ccccc1)C(F)(F)F)C1CC2CCC(C1)N2.Cl.Cl. The van der Waals surface area contributed by atoms with Gasteiger partial charge in [0.05, 0.1) is 6.54 Å². The maximum Gasteiger partial charge on any atom is 0.407 e. The van der Waals surface area contributed by atoms with Gasteiger partial charge in [-0.05, 0) is 31.2 Å². The Morgan fingerprint density at radius 2 is 1.74 bits per heavy atom. The number of likely N-dealkylation sites (N-methyl/N-ethyl adjacent to an activating group) is 1. The van der Waals surface area contributed by atoms with Gasteiger partial charge in [0.15, 0.2) is 0 Å². The first-order chi connectivity index (χ1) is 11.8. The van der Waals surface area contributed by atoms with Gasteiger partial charge in [0.2, 0.25) is 5.91 Å². The molecule has 4 nitrogen and oxygen atoms in total. The van der Waals surface area contributed by atoms with Crippen molar-refractivity contribution in [3.63, 3.8) is 0 Å². The van der Waals surface area contributed by atoms with Gasteiger partial charge in [-0.2, -0.15) is 13.2 Å². The topological polar surface area (TPSA) is 44.4 Å². The molecule has 1 aromatic carbocycles. The molecule has 0 aromatic heterocycles. The van der Waals surface area contributed by atoms with E-state index in [9.17, 15) is 18.0 Å². The number of piperidine rings is 1. The Morgan fingerprint density at radius 3 is 2.26 bits per heavy atom. The third-order valence-corrected chi connectivity index (χ3v) is 5.31. The van der Waals surface area contributed by atoms with Crippen LogP contribution in [0.3, 0.4) is 0 Å². The summed E-state index contributed by atoms with van der Waals surface area (Å²) >= 11 is 0. The molecular formula is C18H26Cl2F3N3O. The lowest BCUT2D eigenvalue weighted by Gasteiger charge is -2.36. The first-order valence-electron chi connectivity index (χ1n) is 8.71. The highest BCUT2D eigenvalue weighted by Crippen LogP contribution is 2.33. The Balaban J connectivity index is 0.00000182. The van der Waals surface area contributed by atoms with Gasteiger partial charge in [-0.15, -0.1) is 24.8 Å². The molecule has 3 rings (SSSR count). The lowest BCUT2D eigenvalue weighted by atomic mass is 9.98. The first-order valence-corrected chi connectivity index (χ1v) is 8.71. The Labute approximate surface area is 170 Å². The molecule has 2 aliphatic heterocycles. The highest BCUT2D eigenvalue weighted by atomic mass is 35.5. The van der Waals surface area contributed by atoms with Crippen LogP contribution in [0.2, 0.25) is 0 Å². The summed E-state index contributed by atoms with van der Waals surface area (Å²) < 4.78 is 40.0. The summed E-state index contributed by atoms with van der Waals surface area (Å²) in [5, 5.41) is 5.91. The average Bonchev–Trinajstić information content (AvgIpc) is 2.92. The minimum absolute atomic E-state index is 0. The molecule has 2 N–H and O–H groups in total. The molecule has 2 fully saturated rings. The number of carbonyl (C=O) groups excluding carboxylic acids is 1. The zero-order valence-electron chi connectivity index (χ0n) is 15.0. The van der Waals surface area contributed by atoms with E-state index in [2.05, 4.69) is 10.6 Å². The fourth-order valence-electron chi connectivity index (χ4n) is 3.93. The highest BCUT2D eigenvalue weighted by molar-refractivity contribution is 5.85. The second kappa shape index (κ2) is 9.96. The van der Waals surface area contributed by atoms with Crippen molar-refractivity contribution in [2.24, 2.45) is 0 Å². The van der Waals surface area contributed by atoms with E-state index >= 15 is 0 Å². The van der Waals surface area contributed by atoms with Gasteiger partial charge in [-0.1, -0.05) is 30.3 Å². The van der Waals surface area contributed by atoms with Crippen molar-refractivity contribution >= 4 is 30.7 Å². The van der Waals surface area contributed by atoms with Gasteiger partial charge in [0.25, 0.3) is 0 Å². The number of fused-ring (bicyclic) bond motifs is 2. The number of rotatable bonds is 5. The molecule has 1 aromatic rings. The van der Waals surface area contributed by atoms with Crippen LogP contribution in [-0.4, -0.2) is 48.7 Å². The normalized spacial score (nSPS) is 25.1. The maximum absolute atomic E-state index is 13.3. The number of carbonyl (C=O) groups is 1. The van der Waals surface area contributed by atoms with Gasteiger partial charge >= 0.3 is 6.18 Å². The predicted molar refractivity (Wildman–Crippen MR) is 103 cm³/mol. The molecule has 0 radical (unpaired) electrons. The first kappa shape index (κ1) is 24.0. The number of nitrogens with one attached hydrogen (secondary N) is 2. The summed E-state index contributed by atoms with van der Waals surface area (Å²) in [6.07, 6.45) is -0.467. The van der Waals surface area contributed by atoms with Crippen molar-refractivity contribution in [2.75, 3.05) is 13.6 Å². The number of hydrogen-bond acceptors (Lipinski definition) is 3. The molecule has 0 spiro atoms. The van der Waals surface area contributed by atoms with Crippen LogP contribution in [0.4, 0.5) is 13.2 Å². The van der Waals surface area contributed by atoms with Gasteiger partial charge < -0.3 is 10.2 Å². The summed E-state index contributed by atoms with van der Waals surface area (Å²) in [4.78, 5) is 14.0. The van der Waals surface area contributed by atoms with Crippen LogP contribution in [0.1, 0.15) is 37.3 Å². The van der Waals surface area contributed by atoms with E-state index in [1.165, 1.54) is 12.1 Å². The van der Waals surface area contributed by atoms with E-state index < -0.39 is 12.2 Å². The number of halogens is 5. The van der Waals surface area contributed by atoms with Crippen LogP contribution in [0.25, 0.3) is 0 Å². The molecule has 2 aliphatic rings.